The molecule has 2 aromatic heterocycles. The van der Waals surface area contributed by atoms with Crippen LogP contribution in [0.15, 0.2) is 30.7 Å². The number of pyridine rings is 1. The van der Waals surface area contributed by atoms with Crippen LogP contribution < -0.4 is 10.6 Å². The van der Waals surface area contributed by atoms with Gasteiger partial charge in [0, 0.05) is 37.7 Å². The van der Waals surface area contributed by atoms with Crippen LogP contribution >= 0.6 is 0 Å². The summed E-state index contributed by atoms with van der Waals surface area (Å²) in [6.07, 6.45) is 6.60. The topological polar surface area (TPSA) is 54.8 Å². The highest BCUT2D eigenvalue weighted by Gasteiger charge is 1.99. The van der Waals surface area contributed by atoms with Gasteiger partial charge < -0.3 is 10.6 Å². The van der Waals surface area contributed by atoms with Gasteiger partial charge in [-0.25, -0.2) is 4.98 Å². The Kier molecular flexibility index (Phi) is 3.59. The van der Waals surface area contributed by atoms with Gasteiger partial charge in [0.15, 0.2) is 0 Å². The molecule has 2 rings (SSSR count). The van der Waals surface area contributed by atoms with Crippen molar-refractivity contribution in [2.75, 3.05) is 17.2 Å². The Morgan fingerprint density at radius 2 is 2.24 bits per heavy atom. The van der Waals surface area contributed by atoms with Crippen molar-refractivity contribution in [1.29, 1.82) is 0 Å². The molecule has 0 unspecified atom stereocenters. The summed E-state index contributed by atoms with van der Waals surface area (Å²) in [6, 6.07) is 3.92. The van der Waals surface area contributed by atoms with Gasteiger partial charge in [0.1, 0.15) is 5.82 Å². The molecular formula is C12H17N5. The first-order valence-electron chi connectivity index (χ1n) is 5.73. The fourth-order valence-electron chi connectivity index (χ4n) is 1.51. The second kappa shape index (κ2) is 5.34. The average molecular weight is 231 g/mol. The minimum atomic E-state index is 0.890. The summed E-state index contributed by atoms with van der Waals surface area (Å²) in [5, 5.41) is 10.6. The van der Waals surface area contributed by atoms with Gasteiger partial charge in [0.2, 0.25) is 0 Å². The van der Waals surface area contributed by atoms with E-state index in [9.17, 15) is 0 Å². The Bertz CT molecular complexity index is 477. The molecule has 0 saturated heterocycles. The lowest BCUT2D eigenvalue weighted by molar-refractivity contribution is 0.768. The smallest absolute Gasteiger partial charge is 0.127 e. The Hall–Kier alpha value is -2.04. The quantitative estimate of drug-likeness (QED) is 0.829. The average Bonchev–Trinajstić information content (AvgIpc) is 2.73. The van der Waals surface area contributed by atoms with Crippen LogP contribution in [0.2, 0.25) is 0 Å². The third-order valence-electron chi connectivity index (χ3n) is 2.31. The van der Waals surface area contributed by atoms with Crippen LogP contribution in [-0.2, 0) is 7.05 Å². The van der Waals surface area contributed by atoms with Gasteiger partial charge in [-0.05, 0) is 12.5 Å². The normalized spacial score (nSPS) is 10.2. The van der Waals surface area contributed by atoms with Gasteiger partial charge in [-0.1, -0.05) is 6.92 Å². The number of aromatic nitrogens is 3. The molecule has 90 valence electrons. The molecule has 2 N–H and O–H groups in total. The van der Waals surface area contributed by atoms with Crippen molar-refractivity contribution in [3.8, 4) is 0 Å². The van der Waals surface area contributed by atoms with Crippen molar-refractivity contribution in [3.63, 3.8) is 0 Å². The largest absolute Gasteiger partial charge is 0.370 e. The zero-order valence-corrected chi connectivity index (χ0v) is 10.1. The van der Waals surface area contributed by atoms with Gasteiger partial charge in [-0.3, -0.25) is 4.68 Å². The Balaban J connectivity index is 2.05. The molecule has 5 heteroatoms. The maximum absolute atomic E-state index is 4.25. The van der Waals surface area contributed by atoms with Crippen molar-refractivity contribution in [2.45, 2.75) is 13.3 Å². The van der Waals surface area contributed by atoms with Crippen molar-refractivity contribution in [1.82, 2.24) is 14.8 Å². The van der Waals surface area contributed by atoms with E-state index in [1.807, 2.05) is 25.4 Å². The summed E-state index contributed by atoms with van der Waals surface area (Å²) in [5.41, 5.74) is 1.98. The minimum Gasteiger partial charge on any atom is -0.370 e. The lowest BCUT2D eigenvalue weighted by Gasteiger charge is -2.07. The third kappa shape index (κ3) is 3.21. The zero-order chi connectivity index (χ0) is 12.1. The van der Waals surface area contributed by atoms with Gasteiger partial charge in [-0.15, -0.1) is 0 Å². The van der Waals surface area contributed by atoms with E-state index >= 15 is 0 Å². The van der Waals surface area contributed by atoms with E-state index in [0.29, 0.717) is 0 Å². The van der Waals surface area contributed by atoms with Crippen molar-refractivity contribution < 1.29 is 0 Å². The van der Waals surface area contributed by atoms with E-state index in [-0.39, 0.29) is 0 Å². The molecule has 5 nitrogen and oxygen atoms in total. The summed E-state index contributed by atoms with van der Waals surface area (Å²) < 4.78 is 1.76. The second-order valence-corrected chi connectivity index (χ2v) is 3.88. The Morgan fingerprint density at radius 3 is 2.94 bits per heavy atom. The summed E-state index contributed by atoms with van der Waals surface area (Å²) in [4.78, 5) is 4.25. The van der Waals surface area contributed by atoms with Crippen LogP contribution in [0.25, 0.3) is 0 Å². The number of aryl methyl sites for hydroxylation is 1. The summed E-state index contributed by atoms with van der Waals surface area (Å²) in [7, 11) is 1.89. The molecule has 0 amide bonds. The molecule has 17 heavy (non-hydrogen) atoms. The number of nitrogens with one attached hydrogen (secondary N) is 2. The van der Waals surface area contributed by atoms with Crippen molar-refractivity contribution in [2.24, 2.45) is 7.05 Å². The SMILES string of the molecule is CCCNc1cc(Nc2cnn(C)c2)ccn1. The molecule has 0 aromatic carbocycles. The van der Waals surface area contributed by atoms with Crippen LogP contribution in [0, 0.1) is 0 Å². The molecule has 0 aliphatic heterocycles. The molecule has 0 spiro atoms. The summed E-state index contributed by atoms with van der Waals surface area (Å²) in [6.45, 7) is 3.06. The molecule has 2 heterocycles. The van der Waals surface area contributed by atoms with E-state index in [4.69, 9.17) is 0 Å². The number of hydrogen-bond donors (Lipinski definition) is 2. The van der Waals surface area contributed by atoms with Gasteiger partial charge in [-0.2, -0.15) is 5.10 Å². The van der Waals surface area contributed by atoms with Crippen LogP contribution in [0.4, 0.5) is 17.2 Å². The van der Waals surface area contributed by atoms with Crippen molar-refractivity contribution in [3.05, 3.63) is 30.7 Å². The predicted molar refractivity (Wildman–Crippen MR) is 69.5 cm³/mol. The molecule has 0 fully saturated rings. The summed E-state index contributed by atoms with van der Waals surface area (Å²) in [5.74, 6) is 0.890. The number of hydrogen-bond acceptors (Lipinski definition) is 4. The Labute approximate surface area is 101 Å². The van der Waals surface area contributed by atoms with Crippen LogP contribution in [0.5, 0.6) is 0 Å². The molecule has 0 bridgehead atoms. The fraction of sp³-hybridized carbons (Fsp3) is 0.333. The molecule has 0 atom stereocenters. The van der Waals surface area contributed by atoms with Gasteiger partial charge >= 0.3 is 0 Å². The molecular weight excluding hydrogens is 214 g/mol. The first-order chi connectivity index (χ1) is 8.28. The lowest BCUT2D eigenvalue weighted by atomic mass is 10.3. The number of anilines is 3. The third-order valence-corrected chi connectivity index (χ3v) is 2.31. The Morgan fingerprint density at radius 1 is 1.35 bits per heavy atom. The molecule has 2 aromatic rings. The number of rotatable bonds is 5. The van der Waals surface area contributed by atoms with E-state index in [2.05, 4.69) is 27.6 Å². The van der Waals surface area contributed by atoms with Gasteiger partial charge in [0.25, 0.3) is 0 Å². The second-order valence-electron chi connectivity index (χ2n) is 3.88. The highest BCUT2D eigenvalue weighted by atomic mass is 15.3. The number of nitrogens with zero attached hydrogens (tertiary/aromatic N) is 3. The molecule has 0 radical (unpaired) electrons. The maximum Gasteiger partial charge on any atom is 0.127 e. The first-order valence-corrected chi connectivity index (χ1v) is 5.73. The van der Waals surface area contributed by atoms with E-state index in [0.717, 1.165) is 30.2 Å². The minimum absolute atomic E-state index is 0.890. The van der Waals surface area contributed by atoms with Crippen molar-refractivity contribution >= 4 is 17.2 Å². The maximum atomic E-state index is 4.25. The van der Waals surface area contributed by atoms with E-state index in [1.165, 1.54) is 0 Å². The standard InChI is InChI=1S/C12H17N5/c1-3-5-13-12-7-10(4-6-14-12)16-11-8-15-17(2)9-11/h4,6-9H,3,5H2,1-2H3,(H2,13,14,16). The highest BCUT2D eigenvalue weighted by molar-refractivity contribution is 5.61. The molecule has 0 aliphatic rings. The zero-order valence-electron chi connectivity index (χ0n) is 10.1. The monoisotopic (exact) mass is 231 g/mol. The first kappa shape index (κ1) is 11.4. The lowest BCUT2D eigenvalue weighted by Crippen LogP contribution is -2.02. The van der Waals surface area contributed by atoms with E-state index in [1.54, 1.807) is 17.1 Å². The van der Waals surface area contributed by atoms with Crippen LogP contribution in [-0.4, -0.2) is 21.3 Å². The van der Waals surface area contributed by atoms with Gasteiger partial charge in [0.05, 0.1) is 11.9 Å². The highest BCUT2D eigenvalue weighted by Crippen LogP contribution is 2.17. The van der Waals surface area contributed by atoms with E-state index < -0.39 is 0 Å². The fourth-order valence-corrected chi connectivity index (χ4v) is 1.51. The summed E-state index contributed by atoms with van der Waals surface area (Å²) >= 11 is 0. The molecule has 0 saturated carbocycles. The predicted octanol–water partition coefficient (Wildman–Crippen LogP) is 2.38. The molecule has 0 aliphatic carbocycles. The van der Waals surface area contributed by atoms with Crippen LogP contribution in [0.1, 0.15) is 13.3 Å². The van der Waals surface area contributed by atoms with Crippen LogP contribution in [0.3, 0.4) is 0 Å².